The molecule has 0 saturated carbocycles. The number of rotatable bonds is 6. The molecule has 2 aromatic rings. The van der Waals surface area contributed by atoms with Crippen molar-refractivity contribution in [3.63, 3.8) is 0 Å². The summed E-state index contributed by atoms with van der Waals surface area (Å²) >= 11 is 0. The molecule has 4 aliphatic carbocycles. The second-order valence-electron chi connectivity index (χ2n) is 15.5. The number of benzene rings is 2. The Hall–Kier alpha value is -3.49. The number of carbonyl (C=O) groups excluding carboxylic acids is 3. The van der Waals surface area contributed by atoms with E-state index in [-0.39, 0.29) is 16.5 Å². The predicted molar refractivity (Wildman–Crippen MR) is 200 cm³/mol. The summed E-state index contributed by atoms with van der Waals surface area (Å²) < 4.78 is 35.0. The summed E-state index contributed by atoms with van der Waals surface area (Å²) in [6.45, 7) is 7.48. The van der Waals surface area contributed by atoms with Gasteiger partial charge in [0.1, 0.15) is 27.6 Å². The third kappa shape index (κ3) is 7.97. The number of likely N-dealkylation sites (tertiary alicyclic amines) is 1. The summed E-state index contributed by atoms with van der Waals surface area (Å²) in [6.07, 6.45) is 12.5. The molecule has 8 rings (SSSR count). The van der Waals surface area contributed by atoms with E-state index in [2.05, 4.69) is 37.5 Å². The number of fused-ring (bicyclic) bond motifs is 4. The van der Waals surface area contributed by atoms with Crippen LogP contribution in [0, 0.1) is 0 Å². The van der Waals surface area contributed by atoms with Gasteiger partial charge in [0.25, 0.3) is 0 Å². The number of carbonyl (C=O) groups is 3. The first kappa shape index (κ1) is 35.9. The molecule has 51 heavy (non-hydrogen) atoms. The van der Waals surface area contributed by atoms with Crippen molar-refractivity contribution >= 4 is 51.5 Å². The molecular weight excluding hydrogens is 689 g/mol. The van der Waals surface area contributed by atoms with Crippen LogP contribution in [-0.2, 0) is 78.1 Å². The fourth-order valence-electron chi connectivity index (χ4n) is 8.02. The van der Waals surface area contributed by atoms with Gasteiger partial charge < -0.3 is 25.6 Å². The van der Waals surface area contributed by atoms with Crippen molar-refractivity contribution < 1.29 is 27.5 Å². The molecule has 2 saturated heterocycles. The molecule has 0 spiro atoms. The number of anilines is 2. The average molecular weight is 739 g/mol. The van der Waals surface area contributed by atoms with Crippen LogP contribution in [0.4, 0.5) is 25.8 Å². The molecule has 5 amide bonds. The highest BCUT2D eigenvalue weighted by Gasteiger charge is 2.38. The number of ether oxygens (including phenoxy) is 1. The standard InChI is InChI=1S/C21H29N3O4S.C16H21N3O2S/c1-21(2,3)28-20(26)24-11-15(12-24)29(27)23-19(25)22-18-16-8-4-6-13(16)10-14-7-5-9-17(14)18;20-16(19-22(21)12-8-17-9-12)18-15-13-5-1-3-10(13)7-11-4-2-6-14(11)15/h10,15H,4-9,11-12H2,1-3H3,(H2,22,23,25);7,12,17H,1-6,8-9H2,(H2,18,19,20). The number of urea groups is 2. The molecule has 0 radical (unpaired) electrons. The average Bonchev–Trinajstić information content (AvgIpc) is 3.81. The van der Waals surface area contributed by atoms with Gasteiger partial charge in [-0.25, -0.2) is 22.8 Å². The summed E-state index contributed by atoms with van der Waals surface area (Å²) in [7, 11) is -2.85. The zero-order chi connectivity index (χ0) is 35.9. The Morgan fingerprint density at radius 2 is 1.06 bits per heavy atom. The third-order valence-corrected chi connectivity index (χ3v) is 13.3. The summed E-state index contributed by atoms with van der Waals surface area (Å²) in [4.78, 5) is 38.3. The largest absolute Gasteiger partial charge is 0.444 e. The van der Waals surface area contributed by atoms with E-state index >= 15 is 0 Å². The van der Waals surface area contributed by atoms with Gasteiger partial charge in [-0.15, -0.1) is 0 Å². The van der Waals surface area contributed by atoms with E-state index in [0.29, 0.717) is 26.2 Å². The van der Waals surface area contributed by atoms with Gasteiger partial charge in [-0.1, -0.05) is 12.1 Å². The molecule has 5 N–H and O–H groups in total. The molecule has 0 bridgehead atoms. The highest BCUT2D eigenvalue weighted by molar-refractivity contribution is 7.84. The number of hydrogen-bond acceptors (Lipinski definition) is 7. The third-order valence-electron chi connectivity index (χ3n) is 10.7. The minimum Gasteiger partial charge on any atom is -0.444 e. The van der Waals surface area contributed by atoms with Gasteiger partial charge in [-0.2, -0.15) is 0 Å². The van der Waals surface area contributed by atoms with Crippen molar-refractivity contribution in [1.82, 2.24) is 19.7 Å². The normalized spacial score (nSPS) is 19.9. The number of amides is 5. The maximum Gasteiger partial charge on any atom is 0.410 e. The molecular formula is C37H50N6O6S2. The molecule has 12 nitrogen and oxygen atoms in total. The Balaban J connectivity index is 0.000000165. The molecule has 2 fully saturated rings. The minimum absolute atomic E-state index is 0.0398. The topological polar surface area (TPSA) is 158 Å². The lowest BCUT2D eigenvalue weighted by molar-refractivity contribution is 0.0141. The van der Waals surface area contributed by atoms with E-state index in [0.717, 1.165) is 88.4 Å². The Morgan fingerprint density at radius 3 is 1.41 bits per heavy atom. The van der Waals surface area contributed by atoms with E-state index < -0.39 is 39.7 Å². The molecule has 14 heteroatoms. The Morgan fingerprint density at radius 1 is 0.667 bits per heavy atom. The number of hydrogen-bond donors (Lipinski definition) is 5. The zero-order valence-electron chi connectivity index (χ0n) is 29.8. The summed E-state index contributed by atoms with van der Waals surface area (Å²) in [5.74, 6) is 0. The number of aryl methyl sites for hydroxylation is 4. The van der Waals surface area contributed by atoms with Crippen molar-refractivity contribution in [3.05, 3.63) is 56.6 Å². The Labute approximate surface area is 305 Å². The maximum atomic E-state index is 12.5. The lowest BCUT2D eigenvalue weighted by atomic mass is 9.99. The van der Waals surface area contributed by atoms with Crippen LogP contribution in [0.15, 0.2) is 12.1 Å². The molecule has 2 aliphatic heterocycles. The Kier molecular flexibility index (Phi) is 10.5. The van der Waals surface area contributed by atoms with Crippen LogP contribution in [0.25, 0.3) is 0 Å². The summed E-state index contributed by atoms with van der Waals surface area (Å²) in [5, 5.41) is 8.84. The first-order chi connectivity index (χ1) is 24.4. The first-order valence-corrected chi connectivity index (χ1v) is 20.8. The summed E-state index contributed by atoms with van der Waals surface area (Å²) in [6, 6.07) is 3.88. The Bertz CT molecular complexity index is 1720. The van der Waals surface area contributed by atoms with E-state index in [1.54, 1.807) is 0 Å². The first-order valence-electron chi connectivity index (χ1n) is 18.4. The van der Waals surface area contributed by atoms with Crippen LogP contribution in [0.1, 0.15) is 91.0 Å². The second-order valence-corrected chi connectivity index (χ2v) is 18.4. The molecule has 6 aliphatic rings. The van der Waals surface area contributed by atoms with Gasteiger partial charge in [-0.05, 0) is 142 Å². The molecule has 2 atom stereocenters. The van der Waals surface area contributed by atoms with Crippen molar-refractivity contribution in [1.29, 1.82) is 0 Å². The fraction of sp³-hybridized carbons (Fsp3) is 0.595. The fourth-order valence-corrected chi connectivity index (χ4v) is 9.99. The molecule has 276 valence electrons. The molecule has 0 aromatic heterocycles. The van der Waals surface area contributed by atoms with Crippen LogP contribution >= 0.6 is 0 Å². The van der Waals surface area contributed by atoms with Crippen molar-refractivity contribution in [2.24, 2.45) is 0 Å². The van der Waals surface area contributed by atoms with Crippen molar-refractivity contribution in [3.8, 4) is 0 Å². The van der Waals surface area contributed by atoms with Gasteiger partial charge in [0.05, 0.1) is 10.5 Å². The van der Waals surface area contributed by atoms with Crippen LogP contribution in [-0.4, -0.2) is 73.8 Å². The van der Waals surface area contributed by atoms with E-state index in [9.17, 15) is 22.8 Å². The lowest BCUT2D eigenvalue weighted by Crippen LogP contribution is -2.58. The predicted octanol–water partition coefficient (Wildman–Crippen LogP) is 4.49. The van der Waals surface area contributed by atoms with Gasteiger partial charge in [0, 0.05) is 37.6 Å². The van der Waals surface area contributed by atoms with Gasteiger partial charge >= 0.3 is 18.2 Å². The zero-order valence-corrected chi connectivity index (χ0v) is 31.5. The van der Waals surface area contributed by atoms with Gasteiger partial charge in [0.15, 0.2) is 0 Å². The van der Waals surface area contributed by atoms with E-state index in [1.807, 2.05) is 20.8 Å². The number of nitrogens with one attached hydrogen (secondary N) is 5. The van der Waals surface area contributed by atoms with Crippen molar-refractivity contribution in [2.45, 2.75) is 114 Å². The molecule has 2 unspecified atom stereocenters. The van der Waals surface area contributed by atoms with Crippen LogP contribution in [0.2, 0.25) is 0 Å². The SMILES string of the molecule is CC(C)(C)OC(=O)N1CC(S(=O)NC(=O)Nc2c3c(cc4c2CCC4)CCC3)C1.O=C(Nc1c2c(cc3c1CCC3)CCC2)NS(=O)C1CNC1. The summed E-state index contributed by atoms with van der Waals surface area (Å²) in [5.41, 5.74) is 11.9. The van der Waals surface area contributed by atoms with E-state index in [1.165, 1.54) is 49.4 Å². The highest BCUT2D eigenvalue weighted by atomic mass is 32.2. The smallest absolute Gasteiger partial charge is 0.410 e. The van der Waals surface area contributed by atoms with Crippen LogP contribution in [0.3, 0.4) is 0 Å². The molecule has 2 aromatic carbocycles. The van der Waals surface area contributed by atoms with Crippen molar-refractivity contribution in [2.75, 3.05) is 36.8 Å². The lowest BCUT2D eigenvalue weighted by Gasteiger charge is -2.38. The maximum absolute atomic E-state index is 12.5. The van der Waals surface area contributed by atoms with E-state index in [4.69, 9.17) is 4.74 Å². The van der Waals surface area contributed by atoms with Gasteiger partial charge in [-0.3, -0.25) is 9.44 Å². The van der Waals surface area contributed by atoms with Gasteiger partial charge in [0.2, 0.25) is 0 Å². The minimum atomic E-state index is -1.55. The quantitative estimate of drug-likeness (QED) is 0.292. The number of nitrogens with zero attached hydrogens (tertiary/aromatic N) is 1. The second kappa shape index (κ2) is 14.9. The highest BCUT2D eigenvalue weighted by Crippen LogP contribution is 2.40. The van der Waals surface area contributed by atoms with Crippen LogP contribution < -0.4 is 25.4 Å². The van der Waals surface area contributed by atoms with Crippen LogP contribution in [0.5, 0.6) is 0 Å². The monoisotopic (exact) mass is 738 g/mol. The molecule has 2 heterocycles.